The number of rotatable bonds is 4. The van der Waals surface area contributed by atoms with E-state index in [9.17, 15) is 9.59 Å². The fraction of sp³-hybridized carbons (Fsp3) is 0.875. The topological polar surface area (TPSA) is 58.6 Å². The molecule has 1 rings (SSSR count). The molecule has 0 aromatic rings. The molecule has 1 aliphatic carbocycles. The lowest BCUT2D eigenvalue weighted by atomic mass is 10.1. The van der Waals surface area contributed by atoms with Crippen LogP contribution in [0.15, 0.2) is 0 Å². The highest BCUT2D eigenvalue weighted by molar-refractivity contribution is 5.73. The van der Waals surface area contributed by atoms with Crippen LogP contribution < -0.4 is 5.32 Å². The summed E-state index contributed by atoms with van der Waals surface area (Å²) in [5.74, 6) is 0.0906. The molecule has 0 bridgehead atoms. The van der Waals surface area contributed by atoms with Gasteiger partial charge in [-0.25, -0.2) is 4.79 Å². The molecule has 0 unspecified atom stereocenters. The molecule has 122 valence electrons. The smallest absolute Gasteiger partial charge is 0.407 e. The summed E-state index contributed by atoms with van der Waals surface area (Å²) in [4.78, 5) is 25.4. The number of nitrogens with one attached hydrogen (secondary N) is 1. The second-order valence-electron chi connectivity index (χ2n) is 6.79. The van der Waals surface area contributed by atoms with Gasteiger partial charge in [-0.05, 0) is 33.6 Å². The largest absolute Gasteiger partial charge is 0.444 e. The van der Waals surface area contributed by atoms with Crippen molar-refractivity contribution < 1.29 is 14.3 Å². The zero-order valence-electron chi connectivity index (χ0n) is 13.9. The van der Waals surface area contributed by atoms with Crippen LogP contribution >= 0.6 is 0 Å². The van der Waals surface area contributed by atoms with E-state index in [1.807, 2.05) is 25.7 Å². The summed E-state index contributed by atoms with van der Waals surface area (Å²) in [7, 11) is 0. The van der Waals surface area contributed by atoms with Gasteiger partial charge in [0.05, 0.1) is 0 Å². The number of alkyl carbamates (subject to hydrolysis) is 1. The third-order valence-electron chi connectivity index (χ3n) is 3.69. The number of nitrogens with zero attached hydrogens (tertiary/aromatic N) is 1. The summed E-state index contributed by atoms with van der Waals surface area (Å²) in [6, 6.07) is 0.324. The second kappa shape index (κ2) is 8.25. The van der Waals surface area contributed by atoms with Crippen LogP contribution in [-0.2, 0) is 9.53 Å². The number of hydrogen-bond donors (Lipinski definition) is 1. The highest BCUT2D eigenvalue weighted by Crippen LogP contribution is 2.21. The molecule has 21 heavy (non-hydrogen) atoms. The van der Waals surface area contributed by atoms with E-state index >= 15 is 0 Å². The van der Waals surface area contributed by atoms with E-state index in [0.29, 0.717) is 19.1 Å². The zero-order chi connectivity index (χ0) is 15.9. The molecule has 5 heteroatoms. The van der Waals surface area contributed by atoms with Gasteiger partial charge in [-0.15, -0.1) is 0 Å². The van der Waals surface area contributed by atoms with Crippen molar-refractivity contribution in [2.24, 2.45) is 0 Å². The van der Waals surface area contributed by atoms with Crippen LogP contribution in [0.3, 0.4) is 0 Å². The van der Waals surface area contributed by atoms with Crippen LogP contribution in [0.4, 0.5) is 4.79 Å². The molecular formula is C16H30N2O3. The Labute approximate surface area is 128 Å². The van der Waals surface area contributed by atoms with Crippen molar-refractivity contribution in [2.75, 3.05) is 13.1 Å². The van der Waals surface area contributed by atoms with Crippen LogP contribution in [0.5, 0.6) is 0 Å². The average Bonchev–Trinajstić information content (AvgIpc) is 2.60. The third kappa shape index (κ3) is 7.34. The first-order valence-corrected chi connectivity index (χ1v) is 8.03. The van der Waals surface area contributed by atoms with Gasteiger partial charge >= 0.3 is 6.09 Å². The Morgan fingerprint density at radius 2 is 1.71 bits per heavy atom. The Morgan fingerprint density at radius 1 is 1.14 bits per heavy atom. The van der Waals surface area contributed by atoms with Crippen molar-refractivity contribution in [1.29, 1.82) is 0 Å². The van der Waals surface area contributed by atoms with E-state index in [1.165, 1.54) is 25.7 Å². The number of amides is 2. The quantitative estimate of drug-likeness (QED) is 0.811. The highest BCUT2D eigenvalue weighted by atomic mass is 16.6. The van der Waals surface area contributed by atoms with Gasteiger partial charge in [-0.1, -0.05) is 25.7 Å². The molecule has 5 nitrogen and oxygen atoms in total. The zero-order valence-corrected chi connectivity index (χ0v) is 13.9. The van der Waals surface area contributed by atoms with E-state index in [2.05, 4.69) is 5.32 Å². The first-order chi connectivity index (χ1) is 9.79. The number of carbonyl (C=O) groups excluding carboxylic acids is 2. The maximum Gasteiger partial charge on any atom is 0.407 e. The average molecular weight is 298 g/mol. The molecular weight excluding hydrogens is 268 g/mol. The second-order valence-corrected chi connectivity index (χ2v) is 6.79. The van der Waals surface area contributed by atoms with Gasteiger partial charge in [-0.3, -0.25) is 4.79 Å². The van der Waals surface area contributed by atoms with Crippen LogP contribution in [0.1, 0.15) is 66.2 Å². The lowest BCUT2D eigenvalue weighted by Gasteiger charge is -2.30. The monoisotopic (exact) mass is 298 g/mol. The molecule has 0 aromatic carbocycles. The minimum absolute atomic E-state index is 0.0906. The molecule has 0 saturated heterocycles. The van der Waals surface area contributed by atoms with Gasteiger partial charge in [0.15, 0.2) is 0 Å². The Kier molecular flexibility index (Phi) is 6.99. The summed E-state index contributed by atoms with van der Waals surface area (Å²) in [5, 5.41) is 2.72. The number of carbonyl (C=O) groups is 2. The maximum atomic E-state index is 11.8. The van der Waals surface area contributed by atoms with E-state index < -0.39 is 11.7 Å². The molecule has 0 radical (unpaired) electrons. The normalized spacial score (nSPS) is 17.0. The Bertz CT molecular complexity index is 342. The standard InChI is InChI=1S/C16H30N2O3/c1-13(19)18(14-9-7-5-6-8-10-14)12-11-17-15(20)21-16(2,3)4/h14H,5-12H2,1-4H3,(H,17,20). The van der Waals surface area contributed by atoms with Crippen LogP contribution in [0.2, 0.25) is 0 Å². The molecule has 0 aromatic heterocycles. The predicted molar refractivity (Wildman–Crippen MR) is 83.1 cm³/mol. The van der Waals surface area contributed by atoms with E-state index in [-0.39, 0.29) is 5.91 Å². The maximum absolute atomic E-state index is 11.8. The van der Waals surface area contributed by atoms with Gasteiger partial charge in [0, 0.05) is 26.1 Å². The van der Waals surface area contributed by atoms with Crippen LogP contribution in [0, 0.1) is 0 Å². The first kappa shape index (κ1) is 17.8. The van der Waals surface area contributed by atoms with Crippen molar-refractivity contribution in [3.05, 3.63) is 0 Å². The SMILES string of the molecule is CC(=O)N(CCNC(=O)OC(C)(C)C)C1CCCCCC1. The molecule has 1 aliphatic rings. The van der Waals surface area contributed by atoms with Crippen LogP contribution in [-0.4, -0.2) is 41.6 Å². The Morgan fingerprint density at radius 3 is 2.19 bits per heavy atom. The molecule has 2 amide bonds. The third-order valence-corrected chi connectivity index (χ3v) is 3.69. The molecule has 0 atom stereocenters. The lowest BCUT2D eigenvalue weighted by molar-refractivity contribution is -0.131. The number of hydrogen-bond acceptors (Lipinski definition) is 3. The Hall–Kier alpha value is -1.26. The summed E-state index contributed by atoms with van der Waals surface area (Å²) < 4.78 is 5.19. The predicted octanol–water partition coefficient (Wildman–Crippen LogP) is 3.08. The van der Waals surface area contributed by atoms with E-state index in [0.717, 1.165) is 12.8 Å². The summed E-state index contributed by atoms with van der Waals surface area (Å²) in [5.41, 5.74) is -0.494. The number of ether oxygens (including phenoxy) is 1. The molecule has 0 heterocycles. The Balaban J connectivity index is 2.41. The van der Waals surface area contributed by atoms with Gasteiger partial charge in [0.2, 0.25) is 5.91 Å². The fourth-order valence-corrected chi connectivity index (χ4v) is 2.76. The minimum Gasteiger partial charge on any atom is -0.444 e. The van der Waals surface area contributed by atoms with Gasteiger partial charge in [0.25, 0.3) is 0 Å². The van der Waals surface area contributed by atoms with E-state index in [4.69, 9.17) is 4.74 Å². The molecule has 0 aliphatic heterocycles. The molecule has 1 saturated carbocycles. The summed E-state index contributed by atoms with van der Waals surface area (Å²) in [6.45, 7) is 8.10. The van der Waals surface area contributed by atoms with Crippen molar-refractivity contribution >= 4 is 12.0 Å². The van der Waals surface area contributed by atoms with Gasteiger partial charge < -0.3 is 15.0 Å². The van der Waals surface area contributed by atoms with Crippen LogP contribution in [0.25, 0.3) is 0 Å². The van der Waals surface area contributed by atoms with Crippen molar-refractivity contribution in [2.45, 2.75) is 77.9 Å². The van der Waals surface area contributed by atoms with Crippen molar-refractivity contribution in [3.63, 3.8) is 0 Å². The minimum atomic E-state index is -0.494. The molecule has 0 spiro atoms. The van der Waals surface area contributed by atoms with E-state index in [1.54, 1.807) is 6.92 Å². The lowest BCUT2D eigenvalue weighted by Crippen LogP contribution is -2.44. The van der Waals surface area contributed by atoms with Crippen molar-refractivity contribution in [3.8, 4) is 0 Å². The highest BCUT2D eigenvalue weighted by Gasteiger charge is 2.22. The van der Waals surface area contributed by atoms with Crippen molar-refractivity contribution in [1.82, 2.24) is 10.2 Å². The first-order valence-electron chi connectivity index (χ1n) is 8.03. The molecule has 1 fully saturated rings. The van der Waals surface area contributed by atoms with Gasteiger partial charge in [0.1, 0.15) is 5.60 Å². The summed E-state index contributed by atoms with van der Waals surface area (Å²) in [6.07, 6.45) is 6.63. The van der Waals surface area contributed by atoms with Gasteiger partial charge in [-0.2, -0.15) is 0 Å². The molecule has 1 N–H and O–H groups in total. The summed E-state index contributed by atoms with van der Waals surface area (Å²) >= 11 is 0. The fourth-order valence-electron chi connectivity index (χ4n) is 2.76.